The molecule has 2 heterocycles. The summed E-state index contributed by atoms with van der Waals surface area (Å²) < 4.78 is 24.4. The molecule has 0 saturated carbocycles. The maximum Gasteiger partial charge on any atom is 0.248 e. The largest absolute Gasteiger partial charge is 0.497 e. The van der Waals surface area contributed by atoms with E-state index in [0.717, 1.165) is 11.3 Å². The van der Waals surface area contributed by atoms with Crippen molar-refractivity contribution >= 4 is 17.3 Å². The molecule has 1 fully saturated rings. The Hall–Kier alpha value is -3.53. The van der Waals surface area contributed by atoms with Gasteiger partial charge in [0.1, 0.15) is 18.1 Å². The summed E-state index contributed by atoms with van der Waals surface area (Å²) in [4.78, 5) is 15.8. The Balaban J connectivity index is 1.46. The fourth-order valence-corrected chi connectivity index (χ4v) is 3.19. The Bertz CT molecular complexity index is 1030. The summed E-state index contributed by atoms with van der Waals surface area (Å²) in [6, 6.07) is 11.6. The van der Waals surface area contributed by atoms with Gasteiger partial charge in [0.25, 0.3) is 0 Å². The number of carbonyl (C=O) groups excluding carboxylic acids is 1. The van der Waals surface area contributed by atoms with E-state index in [2.05, 4.69) is 20.7 Å². The maximum atomic E-state index is 13.8. The number of nitrogens with one attached hydrogen (secondary N) is 1. The smallest absolute Gasteiger partial charge is 0.248 e. The van der Waals surface area contributed by atoms with Gasteiger partial charge < -0.3 is 19.7 Å². The van der Waals surface area contributed by atoms with E-state index in [-0.39, 0.29) is 12.5 Å². The van der Waals surface area contributed by atoms with Gasteiger partial charge in [0, 0.05) is 18.7 Å². The van der Waals surface area contributed by atoms with Crippen molar-refractivity contribution in [1.82, 2.24) is 20.2 Å². The van der Waals surface area contributed by atoms with Gasteiger partial charge in [-0.1, -0.05) is 12.1 Å². The zero-order chi connectivity index (χ0) is 20.9. The number of benzene rings is 2. The third kappa shape index (κ3) is 4.54. The van der Waals surface area contributed by atoms with Crippen LogP contribution in [0.1, 0.15) is 0 Å². The molecule has 4 rings (SSSR count). The number of hydrogen-bond acceptors (Lipinski definition) is 7. The van der Waals surface area contributed by atoms with Crippen LogP contribution in [0.4, 0.5) is 15.8 Å². The molecule has 0 bridgehead atoms. The Kier molecular flexibility index (Phi) is 5.84. The molecule has 1 amide bonds. The number of hydrogen-bond donors (Lipinski definition) is 1. The number of carbonyl (C=O) groups is 1. The summed E-state index contributed by atoms with van der Waals surface area (Å²) in [5, 5.41) is 14.9. The molecule has 1 aliphatic rings. The Morgan fingerprint density at radius 1 is 1.23 bits per heavy atom. The van der Waals surface area contributed by atoms with Crippen LogP contribution in [0.25, 0.3) is 11.4 Å². The number of aromatic nitrogens is 4. The number of tetrazole rings is 1. The van der Waals surface area contributed by atoms with E-state index < -0.39 is 5.82 Å². The standard InChI is InChI=1S/C20H21FN6O3/c1-29-16-4-2-3-14(11-16)20-23-25-27(24-20)13-19(28)22-17-12-15(21)5-6-18(17)26-7-9-30-10-8-26/h2-6,11-12H,7-10,13H2,1H3,(H,22,28). The molecule has 0 aliphatic carbocycles. The molecule has 0 atom stereocenters. The van der Waals surface area contributed by atoms with Crippen LogP contribution in [0, 0.1) is 5.82 Å². The Morgan fingerprint density at radius 2 is 2.07 bits per heavy atom. The lowest BCUT2D eigenvalue weighted by molar-refractivity contribution is -0.117. The van der Waals surface area contributed by atoms with E-state index in [1.165, 1.54) is 16.9 Å². The van der Waals surface area contributed by atoms with Crippen LogP contribution in [0.2, 0.25) is 0 Å². The molecule has 30 heavy (non-hydrogen) atoms. The van der Waals surface area contributed by atoms with Gasteiger partial charge >= 0.3 is 0 Å². The first kappa shape index (κ1) is 19.8. The van der Waals surface area contributed by atoms with E-state index in [1.54, 1.807) is 19.2 Å². The lowest BCUT2D eigenvalue weighted by Gasteiger charge is -2.30. The lowest BCUT2D eigenvalue weighted by Crippen LogP contribution is -2.37. The summed E-state index contributed by atoms with van der Waals surface area (Å²) in [6.07, 6.45) is 0. The quantitative estimate of drug-likeness (QED) is 0.661. The van der Waals surface area contributed by atoms with Crippen molar-refractivity contribution in [3.05, 3.63) is 48.3 Å². The zero-order valence-electron chi connectivity index (χ0n) is 16.4. The van der Waals surface area contributed by atoms with E-state index in [4.69, 9.17) is 9.47 Å². The topological polar surface area (TPSA) is 94.4 Å². The number of nitrogens with zero attached hydrogens (tertiary/aromatic N) is 5. The van der Waals surface area contributed by atoms with Gasteiger partial charge in [0.2, 0.25) is 11.7 Å². The van der Waals surface area contributed by atoms with E-state index in [9.17, 15) is 9.18 Å². The minimum atomic E-state index is -0.429. The molecule has 0 radical (unpaired) electrons. The number of halogens is 1. The number of amides is 1. The van der Waals surface area contributed by atoms with Crippen molar-refractivity contribution in [2.24, 2.45) is 0 Å². The second-order valence-electron chi connectivity index (χ2n) is 6.68. The highest BCUT2D eigenvalue weighted by Gasteiger charge is 2.18. The lowest BCUT2D eigenvalue weighted by atomic mass is 10.2. The van der Waals surface area contributed by atoms with Crippen LogP contribution in [-0.2, 0) is 16.1 Å². The molecule has 3 aromatic rings. The Morgan fingerprint density at radius 3 is 2.87 bits per heavy atom. The summed E-state index contributed by atoms with van der Waals surface area (Å²) >= 11 is 0. The number of methoxy groups -OCH3 is 1. The Labute approximate surface area is 172 Å². The molecule has 9 nitrogen and oxygen atoms in total. The maximum absolute atomic E-state index is 13.8. The van der Waals surface area contributed by atoms with Crippen molar-refractivity contribution in [3.63, 3.8) is 0 Å². The number of ether oxygens (including phenoxy) is 2. The second-order valence-corrected chi connectivity index (χ2v) is 6.68. The monoisotopic (exact) mass is 412 g/mol. The van der Waals surface area contributed by atoms with Gasteiger partial charge in [0.15, 0.2) is 0 Å². The summed E-state index contributed by atoms with van der Waals surface area (Å²) in [5.41, 5.74) is 1.87. The van der Waals surface area contributed by atoms with Crippen LogP contribution in [-0.4, -0.2) is 59.5 Å². The molecular weight excluding hydrogens is 391 g/mol. The summed E-state index contributed by atoms with van der Waals surface area (Å²) in [5.74, 6) is 0.232. The minimum Gasteiger partial charge on any atom is -0.497 e. The van der Waals surface area contributed by atoms with E-state index in [1.807, 2.05) is 23.1 Å². The van der Waals surface area contributed by atoms with Crippen LogP contribution < -0.4 is 15.0 Å². The zero-order valence-corrected chi connectivity index (χ0v) is 16.4. The predicted octanol–water partition coefficient (Wildman–Crippen LogP) is 1.96. The van der Waals surface area contributed by atoms with Crippen LogP contribution >= 0.6 is 0 Å². The normalized spacial score (nSPS) is 13.9. The van der Waals surface area contributed by atoms with Crippen LogP contribution in [0.5, 0.6) is 5.75 Å². The third-order valence-electron chi connectivity index (χ3n) is 4.65. The molecule has 0 spiro atoms. The van der Waals surface area contributed by atoms with Gasteiger partial charge in [-0.2, -0.15) is 4.80 Å². The van der Waals surface area contributed by atoms with Gasteiger partial charge in [-0.15, -0.1) is 10.2 Å². The molecule has 1 aromatic heterocycles. The predicted molar refractivity (Wildman–Crippen MR) is 108 cm³/mol. The first-order chi connectivity index (χ1) is 14.6. The van der Waals surface area contributed by atoms with Gasteiger partial charge in [-0.3, -0.25) is 4.79 Å². The molecule has 1 aliphatic heterocycles. The van der Waals surface area contributed by atoms with Crippen molar-refractivity contribution in [2.45, 2.75) is 6.54 Å². The number of morpholine rings is 1. The summed E-state index contributed by atoms with van der Waals surface area (Å²) in [7, 11) is 1.57. The average Bonchev–Trinajstić information content (AvgIpc) is 3.23. The second kappa shape index (κ2) is 8.87. The molecule has 1 saturated heterocycles. The molecule has 156 valence electrons. The van der Waals surface area contributed by atoms with Gasteiger partial charge in [0.05, 0.1) is 31.7 Å². The fourth-order valence-electron chi connectivity index (χ4n) is 3.19. The highest BCUT2D eigenvalue weighted by Crippen LogP contribution is 2.27. The van der Waals surface area contributed by atoms with Crippen molar-refractivity contribution in [3.8, 4) is 17.1 Å². The molecule has 2 aromatic carbocycles. The summed E-state index contributed by atoms with van der Waals surface area (Å²) in [6.45, 7) is 2.35. The molecule has 1 N–H and O–H groups in total. The first-order valence-electron chi connectivity index (χ1n) is 9.47. The molecule has 10 heteroatoms. The van der Waals surface area contributed by atoms with Crippen LogP contribution in [0.15, 0.2) is 42.5 Å². The van der Waals surface area contributed by atoms with Crippen LogP contribution in [0.3, 0.4) is 0 Å². The SMILES string of the molecule is COc1cccc(-c2nnn(CC(=O)Nc3cc(F)ccc3N3CCOCC3)n2)c1. The number of rotatable bonds is 6. The highest BCUT2D eigenvalue weighted by molar-refractivity contribution is 5.94. The fraction of sp³-hybridized carbons (Fsp3) is 0.300. The van der Waals surface area contributed by atoms with Gasteiger partial charge in [-0.05, 0) is 35.5 Å². The van der Waals surface area contributed by atoms with Crippen molar-refractivity contribution in [2.75, 3.05) is 43.6 Å². The van der Waals surface area contributed by atoms with Crippen molar-refractivity contribution in [1.29, 1.82) is 0 Å². The van der Waals surface area contributed by atoms with Gasteiger partial charge in [-0.25, -0.2) is 4.39 Å². The highest BCUT2D eigenvalue weighted by atomic mass is 19.1. The van der Waals surface area contributed by atoms with Crippen molar-refractivity contribution < 1.29 is 18.7 Å². The average molecular weight is 412 g/mol. The third-order valence-corrected chi connectivity index (χ3v) is 4.65. The first-order valence-corrected chi connectivity index (χ1v) is 9.47. The number of anilines is 2. The van der Waals surface area contributed by atoms with E-state index >= 15 is 0 Å². The minimum absolute atomic E-state index is 0.157. The molecular formula is C20H21FN6O3. The van der Waals surface area contributed by atoms with E-state index in [0.29, 0.717) is 43.6 Å². The molecule has 0 unspecified atom stereocenters.